The summed E-state index contributed by atoms with van der Waals surface area (Å²) in [5.41, 5.74) is 9.63. The van der Waals surface area contributed by atoms with Gasteiger partial charge in [0.25, 0.3) is 11.8 Å². The molecular formula is C40H34Cl4N6O2. The average molecular weight is 773 g/mol. The Labute approximate surface area is 322 Å². The number of aromatic nitrogens is 4. The van der Waals surface area contributed by atoms with E-state index in [0.29, 0.717) is 57.4 Å². The molecule has 0 spiro atoms. The molecule has 4 aromatic carbocycles. The lowest BCUT2D eigenvalue weighted by Gasteiger charge is -2.28. The van der Waals surface area contributed by atoms with Gasteiger partial charge in [-0.3, -0.25) is 19.0 Å². The number of hydrogen-bond acceptors (Lipinski definition) is 4. The highest BCUT2D eigenvalue weighted by Gasteiger charge is 2.30. The number of aryl methyl sites for hydroxylation is 2. The largest absolute Gasteiger partial charge is 0.332 e. The second kappa shape index (κ2) is 15.2. The summed E-state index contributed by atoms with van der Waals surface area (Å²) in [5.74, 6) is -0.222. The molecule has 0 N–H and O–H groups in total. The Morgan fingerprint density at radius 3 is 1.67 bits per heavy atom. The molecule has 8 rings (SSSR count). The molecular weight excluding hydrogens is 738 g/mol. The molecule has 0 saturated heterocycles. The van der Waals surface area contributed by atoms with Crippen molar-refractivity contribution in [3.8, 4) is 22.5 Å². The number of fused-ring (bicyclic) bond motifs is 2. The summed E-state index contributed by atoms with van der Waals surface area (Å²) in [6.45, 7) is 2.23. The van der Waals surface area contributed by atoms with Gasteiger partial charge in [-0.25, -0.2) is 0 Å². The topological polar surface area (TPSA) is 76.3 Å². The van der Waals surface area contributed by atoms with Crippen LogP contribution in [0.15, 0.2) is 97.1 Å². The van der Waals surface area contributed by atoms with E-state index in [1.54, 1.807) is 46.2 Å². The van der Waals surface area contributed by atoms with Crippen LogP contribution in [0.5, 0.6) is 0 Å². The van der Waals surface area contributed by atoms with Crippen LogP contribution in [0.1, 0.15) is 43.2 Å². The van der Waals surface area contributed by atoms with Gasteiger partial charge in [0.15, 0.2) is 0 Å². The molecule has 264 valence electrons. The zero-order valence-corrected chi connectivity index (χ0v) is 31.5. The van der Waals surface area contributed by atoms with E-state index >= 15 is 0 Å². The molecule has 0 fully saturated rings. The predicted octanol–water partition coefficient (Wildman–Crippen LogP) is 9.18. The molecule has 0 saturated carbocycles. The smallest absolute Gasteiger partial charge is 0.255 e. The number of carbonyl (C=O) groups is 2. The van der Waals surface area contributed by atoms with Crippen molar-refractivity contribution in [3.05, 3.63) is 151 Å². The minimum atomic E-state index is -0.116. The summed E-state index contributed by atoms with van der Waals surface area (Å²) in [6, 6.07) is 30.6. The molecule has 0 aliphatic carbocycles. The van der Waals surface area contributed by atoms with E-state index in [1.165, 1.54) is 11.1 Å². The number of hydrogen-bond donors (Lipinski definition) is 0. The molecule has 2 amide bonds. The monoisotopic (exact) mass is 770 g/mol. The molecule has 2 aromatic heterocycles. The summed E-state index contributed by atoms with van der Waals surface area (Å²) in [4.78, 5) is 29.4. The molecule has 8 nitrogen and oxygen atoms in total. The molecule has 2 aliphatic rings. The summed E-state index contributed by atoms with van der Waals surface area (Å²) in [6.07, 6.45) is 1.52. The van der Waals surface area contributed by atoms with E-state index in [1.807, 2.05) is 59.9 Å². The normalized spacial score (nSPS) is 13.6. The molecule has 12 heteroatoms. The fourth-order valence-electron chi connectivity index (χ4n) is 6.90. The molecule has 6 aromatic rings. The van der Waals surface area contributed by atoms with E-state index in [2.05, 4.69) is 29.4 Å². The van der Waals surface area contributed by atoms with E-state index in [9.17, 15) is 9.59 Å². The lowest BCUT2D eigenvalue weighted by Crippen LogP contribution is -2.36. The van der Waals surface area contributed by atoms with E-state index < -0.39 is 0 Å². The number of amides is 2. The quantitative estimate of drug-likeness (QED) is 0.179. The Morgan fingerprint density at radius 2 is 1.10 bits per heavy atom. The van der Waals surface area contributed by atoms with Gasteiger partial charge in [-0.2, -0.15) is 10.2 Å². The van der Waals surface area contributed by atoms with Gasteiger partial charge in [-0.1, -0.05) is 119 Å². The summed E-state index contributed by atoms with van der Waals surface area (Å²) in [5, 5.41) is 10.7. The molecule has 52 heavy (non-hydrogen) atoms. The van der Waals surface area contributed by atoms with Gasteiger partial charge in [-0.15, -0.1) is 0 Å². The summed E-state index contributed by atoms with van der Waals surface area (Å²) >= 11 is 24.6. The van der Waals surface area contributed by atoms with Crippen LogP contribution in [0.2, 0.25) is 20.1 Å². The van der Waals surface area contributed by atoms with Gasteiger partial charge in [0, 0.05) is 49.4 Å². The fraction of sp³-hybridized carbons (Fsp3) is 0.200. The van der Waals surface area contributed by atoms with Gasteiger partial charge in [0.2, 0.25) is 0 Å². The Hall–Kier alpha value is -4.60. The van der Waals surface area contributed by atoms with Gasteiger partial charge in [-0.05, 0) is 37.1 Å². The van der Waals surface area contributed by atoms with Crippen LogP contribution in [0.4, 0.5) is 0 Å². The van der Waals surface area contributed by atoms with Crippen LogP contribution in [-0.2, 0) is 40.0 Å². The van der Waals surface area contributed by atoms with E-state index in [0.717, 1.165) is 46.7 Å². The second-order valence-electron chi connectivity index (χ2n) is 12.7. The van der Waals surface area contributed by atoms with Crippen molar-refractivity contribution in [1.29, 1.82) is 0 Å². The van der Waals surface area contributed by atoms with Gasteiger partial charge >= 0.3 is 0 Å². The van der Waals surface area contributed by atoms with Crippen LogP contribution >= 0.6 is 46.4 Å². The highest BCUT2D eigenvalue weighted by atomic mass is 35.5. The zero-order valence-electron chi connectivity index (χ0n) is 28.5. The second-order valence-corrected chi connectivity index (χ2v) is 14.3. The number of benzene rings is 4. The first-order chi connectivity index (χ1) is 25.1. The maximum atomic E-state index is 12.9. The van der Waals surface area contributed by atoms with Crippen LogP contribution in [0.25, 0.3) is 22.5 Å². The molecule has 4 heterocycles. The van der Waals surface area contributed by atoms with Crippen molar-refractivity contribution in [2.75, 3.05) is 13.1 Å². The first-order valence-corrected chi connectivity index (χ1v) is 18.3. The lowest BCUT2D eigenvalue weighted by atomic mass is 9.99. The van der Waals surface area contributed by atoms with E-state index in [4.69, 9.17) is 51.5 Å². The lowest BCUT2D eigenvalue weighted by molar-refractivity contribution is 0.0724. The highest BCUT2D eigenvalue weighted by Crippen LogP contribution is 2.34. The van der Waals surface area contributed by atoms with Gasteiger partial charge in [0.05, 0.1) is 67.1 Å². The van der Waals surface area contributed by atoms with Crippen LogP contribution in [0, 0.1) is 0 Å². The number of carbonyl (C=O) groups excluding carboxylic acids is 2. The fourth-order valence-corrected chi connectivity index (χ4v) is 7.66. The van der Waals surface area contributed by atoms with Gasteiger partial charge < -0.3 is 9.80 Å². The van der Waals surface area contributed by atoms with E-state index in [-0.39, 0.29) is 11.8 Å². The third-order valence-corrected chi connectivity index (χ3v) is 11.1. The Kier molecular flexibility index (Phi) is 10.4. The SMILES string of the molecule is Cn1nc(-c2ccccc2)c2c1CN(C(=O)c1cccc(Cl)c1Cl)CC2.Cn1nc2c(c1-c1ccccc1)CCN(C(=O)c1cccc(Cl)c1Cl)C2. The summed E-state index contributed by atoms with van der Waals surface area (Å²) < 4.78 is 3.77. The number of nitrogens with zero attached hydrogens (tertiary/aromatic N) is 6. The number of rotatable bonds is 4. The third-order valence-electron chi connectivity index (χ3n) is 9.48. The number of halogens is 4. The first-order valence-electron chi connectivity index (χ1n) is 16.8. The molecule has 0 atom stereocenters. The van der Waals surface area contributed by atoms with Crippen LogP contribution in [0.3, 0.4) is 0 Å². The van der Waals surface area contributed by atoms with Crippen molar-refractivity contribution in [3.63, 3.8) is 0 Å². The molecule has 2 aliphatic heterocycles. The highest BCUT2D eigenvalue weighted by molar-refractivity contribution is 6.44. The van der Waals surface area contributed by atoms with Crippen LogP contribution < -0.4 is 0 Å². The molecule has 0 unspecified atom stereocenters. The zero-order chi connectivity index (χ0) is 36.5. The maximum absolute atomic E-state index is 12.9. The minimum Gasteiger partial charge on any atom is -0.332 e. The Morgan fingerprint density at radius 1 is 0.577 bits per heavy atom. The average Bonchev–Trinajstić information content (AvgIpc) is 3.68. The minimum absolute atomic E-state index is 0.106. The van der Waals surface area contributed by atoms with Crippen molar-refractivity contribution >= 4 is 58.2 Å². The van der Waals surface area contributed by atoms with Crippen molar-refractivity contribution < 1.29 is 9.59 Å². The summed E-state index contributed by atoms with van der Waals surface area (Å²) in [7, 11) is 3.87. The van der Waals surface area contributed by atoms with Crippen LogP contribution in [-0.4, -0.2) is 54.3 Å². The molecule has 0 radical (unpaired) electrons. The Balaban J connectivity index is 0.000000162. The van der Waals surface area contributed by atoms with Gasteiger partial charge in [0.1, 0.15) is 0 Å². The predicted molar refractivity (Wildman–Crippen MR) is 207 cm³/mol. The van der Waals surface area contributed by atoms with Crippen molar-refractivity contribution in [2.24, 2.45) is 14.1 Å². The molecule has 0 bridgehead atoms. The maximum Gasteiger partial charge on any atom is 0.255 e. The first kappa shape index (κ1) is 35.8. The third kappa shape index (κ3) is 6.96. The van der Waals surface area contributed by atoms with Crippen molar-refractivity contribution in [2.45, 2.75) is 25.9 Å². The Bertz CT molecular complexity index is 2280. The standard InChI is InChI=1S/2C20H17Cl2N3O/c1-24-17-12-25(20(26)15-8-5-9-16(21)18(15)22)11-10-14(17)19(23-24)13-6-3-2-4-7-13;1-24-19(13-6-3-2-4-7-13)14-10-11-25(12-17(14)23-24)20(26)15-8-5-9-16(21)18(15)22/h2*2-9H,10-12H2,1H3. The van der Waals surface area contributed by atoms with Crippen molar-refractivity contribution in [1.82, 2.24) is 29.4 Å².